The first kappa shape index (κ1) is 22.6. The summed E-state index contributed by atoms with van der Waals surface area (Å²) >= 11 is 0. The molecule has 0 aliphatic carbocycles. The van der Waals surface area contributed by atoms with Gasteiger partial charge in [-0.1, -0.05) is 0 Å². The van der Waals surface area contributed by atoms with E-state index in [1.807, 2.05) is 0 Å². The number of piperazine rings is 1. The van der Waals surface area contributed by atoms with E-state index in [4.69, 9.17) is 0 Å². The van der Waals surface area contributed by atoms with Crippen molar-refractivity contribution in [3.05, 3.63) is 66.5 Å². The molecule has 0 saturated carbocycles. The van der Waals surface area contributed by atoms with Gasteiger partial charge in [-0.15, -0.1) is 0 Å². The SMILES string of the molecule is CC(=O)N1CCN(S(=O)(=O)c2ccc(C(=O)Nc3ccc(-n4cncn4)c(F)c3)cc2)CC1. The molecule has 1 fully saturated rings. The second kappa shape index (κ2) is 9.08. The predicted octanol–water partition coefficient (Wildman–Crippen LogP) is 1.51. The van der Waals surface area contributed by atoms with E-state index in [2.05, 4.69) is 15.4 Å². The lowest BCUT2D eigenvalue weighted by atomic mass is 10.2. The molecule has 172 valence electrons. The molecule has 0 atom stereocenters. The van der Waals surface area contributed by atoms with Crippen LogP contribution in [0.25, 0.3) is 5.69 Å². The minimum Gasteiger partial charge on any atom is -0.340 e. The van der Waals surface area contributed by atoms with Crippen LogP contribution < -0.4 is 5.32 Å². The van der Waals surface area contributed by atoms with Gasteiger partial charge in [-0.3, -0.25) is 9.59 Å². The van der Waals surface area contributed by atoms with Crippen LogP contribution in [0.15, 0.2) is 60.0 Å². The average molecular weight is 473 g/mol. The van der Waals surface area contributed by atoms with Crippen molar-refractivity contribution in [3.8, 4) is 5.69 Å². The topological polar surface area (TPSA) is 118 Å². The van der Waals surface area contributed by atoms with Crippen molar-refractivity contribution in [2.45, 2.75) is 11.8 Å². The zero-order valence-corrected chi connectivity index (χ0v) is 18.5. The molecule has 10 nitrogen and oxygen atoms in total. The first-order valence-electron chi connectivity index (χ1n) is 10.1. The number of nitrogens with one attached hydrogen (secondary N) is 1. The van der Waals surface area contributed by atoms with Gasteiger partial charge in [0.25, 0.3) is 5.91 Å². The Kier molecular flexibility index (Phi) is 6.20. The Morgan fingerprint density at radius 3 is 2.30 bits per heavy atom. The molecule has 2 aromatic carbocycles. The van der Waals surface area contributed by atoms with E-state index in [-0.39, 0.29) is 40.8 Å². The van der Waals surface area contributed by atoms with Crippen LogP contribution >= 0.6 is 0 Å². The van der Waals surface area contributed by atoms with E-state index >= 15 is 0 Å². The number of anilines is 1. The first-order valence-corrected chi connectivity index (χ1v) is 11.5. The quantitative estimate of drug-likeness (QED) is 0.602. The van der Waals surface area contributed by atoms with Gasteiger partial charge in [0, 0.05) is 44.4 Å². The Labute approximate surface area is 189 Å². The minimum absolute atomic E-state index is 0.0542. The predicted molar refractivity (Wildman–Crippen MR) is 117 cm³/mol. The molecule has 2 heterocycles. The molecule has 0 bridgehead atoms. The van der Waals surface area contributed by atoms with Crippen molar-refractivity contribution >= 4 is 27.5 Å². The zero-order chi connectivity index (χ0) is 23.6. The molecule has 0 unspecified atom stereocenters. The normalized spacial score (nSPS) is 14.8. The van der Waals surface area contributed by atoms with Crippen LogP contribution in [0, 0.1) is 5.82 Å². The third-order valence-corrected chi connectivity index (χ3v) is 7.22. The van der Waals surface area contributed by atoms with Crippen LogP contribution in [0.2, 0.25) is 0 Å². The van der Waals surface area contributed by atoms with Crippen molar-refractivity contribution in [3.63, 3.8) is 0 Å². The smallest absolute Gasteiger partial charge is 0.255 e. The van der Waals surface area contributed by atoms with Crippen LogP contribution in [-0.2, 0) is 14.8 Å². The number of amides is 2. The van der Waals surface area contributed by atoms with Gasteiger partial charge in [0.1, 0.15) is 18.3 Å². The average Bonchev–Trinajstić information content (AvgIpc) is 3.34. The van der Waals surface area contributed by atoms with Crippen LogP contribution in [0.3, 0.4) is 0 Å². The fourth-order valence-electron chi connectivity index (χ4n) is 3.48. The summed E-state index contributed by atoms with van der Waals surface area (Å²) in [6.45, 7) is 2.54. The number of rotatable bonds is 5. The van der Waals surface area contributed by atoms with Crippen LogP contribution in [0.1, 0.15) is 17.3 Å². The monoisotopic (exact) mass is 472 g/mol. The molecule has 0 radical (unpaired) electrons. The van der Waals surface area contributed by atoms with Crippen molar-refractivity contribution in [2.75, 3.05) is 31.5 Å². The minimum atomic E-state index is -3.74. The third kappa shape index (κ3) is 4.76. The van der Waals surface area contributed by atoms with Crippen LogP contribution in [-0.4, -0.2) is 70.4 Å². The Balaban J connectivity index is 1.43. The number of carbonyl (C=O) groups excluding carboxylic acids is 2. The molecule has 1 N–H and O–H groups in total. The Morgan fingerprint density at radius 1 is 1.03 bits per heavy atom. The van der Waals surface area contributed by atoms with E-state index in [1.54, 1.807) is 4.90 Å². The maximum Gasteiger partial charge on any atom is 0.255 e. The van der Waals surface area contributed by atoms with Gasteiger partial charge in [-0.2, -0.15) is 9.40 Å². The van der Waals surface area contributed by atoms with E-state index in [0.717, 1.165) is 6.07 Å². The van der Waals surface area contributed by atoms with E-state index in [0.29, 0.717) is 13.1 Å². The summed E-state index contributed by atoms with van der Waals surface area (Å²) in [5, 5.41) is 6.45. The molecule has 0 spiro atoms. The molecule has 1 aliphatic rings. The van der Waals surface area contributed by atoms with Crippen molar-refractivity contribution in [1.82, 2.24) is 24.0 Å². The molecular weight excluding hydrogens is 451 g/mol. The molecule has 1 aliphatic heterocycles. The molecular formula is C21H21FN6O4S. The van der Waals surface area contributed by atoms with Gasteiger partial charge in [-0.05, 0) is 42.5 Å². The highest BCUT2D eigenvalue weighted by atomic mass is 32.2. The summed E-state index contributed by atoms with van der Waals surface area (Å²) in [6.07, 6.45) is 2.64. The summed E-state index contributed by atoms with van der Waals surface area (Å²) in [6, 6.07) is 9.65. The van der Waals surface area contributed by atoms with Gasteiger partial charge in [0.2, 0.25) is 15.9 Å². The lowest BCUT2D eigenvalue weighted by Crippen LogP contribution is -2.49. The second-order valence-corrected chi connectivity index (χ2v) is 9.33. The number of hydrogen-bond donors (Lipinski definition) is 1. The number of halogens is 1. The number of nitrogens with zero attached hydrogens (tertiary/aromatic N) is 5. The highest BCUT2D eigenvalue weighted by Gasteiger charge is 2.29. The Bertz CT molecular complexity index is 1270. The summed E-state index contributed by atoms with van der Waals surface area (Å²) in [5.74, 6) is -1.19. The molecule has 3 aromatic rings. The van der Waals surface area contributed by atoms with Gasteiger partial charge in [0.05, 0.1) is 4.90 Å². The fraction of sp³-hybridized carbons (Fsp3) is 0.238. The lowest BCUT2D eigenvalue weighted by Gasteiger charge is -2.33. The molecule has 1 saturated heterocycles. The summed E-state index contributed by atoms with van der Waals surface area (Å²) in [7, 11) is -3.74. The highest BCUT2D eigenvalue weighted by molar-refractivity contribution is 7.89. The van der Waals surface area contributed by atoms with Gasteiger partial charge in [0.15, 0.2) is 5.82 Å². The van der Waals surface area contributed by atoms with E-state index in [1.165, 1.54) is 65.0 Å². The van der Waals surface area contributed by atoms with E-state index < -0.39 is 21.7 Å². The number of hydrogen-bond acceptors (Lipinski definition) is 6. The maximum absolute atomic E-state index is 14.4. The van der Waals surface area contributed by atoms with Crippen LogP contribution in [0.4, 0.5) is 10.1 Å². The molecule has 33 heavy (non-hydrogen) atoms. The van der Waals surface area contributed by atoms with Crippen molar-refractivity contribution in [2.24, 2.45) is 0 Å². The van der Waals surface area contributed by atoms with Gasteiger partial charge >= 0.3 is 0 Å². The zero-order valence-electron chi connectivity index (χ0n) is 17.7. The number of carbonyl (C=O) groups is 2. The second-order valence-electron chi connectivity index (χ2n) is 7.39. The number of sulfonamides is 1. The third-order valence-electron chi connectivity index (χ3n) is 5.31. The van der Waals surface area contributed by atoms with Crippen molar-refractivity contribution < 1.29 is 22.4 Å². The maximum atomic E-state index is 14.4. The molecule has 1 aromatic heterocycles. The van der Waals surface area contributed by atoms with Crippen molar-refractivity contribution in [1.29, 1.82) is 0 Å². The Hall–Kier alpha value is -3.64. The summed E-state index contributed by atoms with van der Waals surface area (Å²) < 4.78 is 42.7. The lowest BCUT2D eigenvalue weighted by molar-refractivity contribution is -0.129. The summed E-state index contributed by atoms with van der Waals surface area (Å²) in [4.78, 5) is 29.4. The standard InChI is InChI=1S/C21H21FN6O4S/c1-15(29)26-8-10-27(11-9-26)33(31,32)18-5-2-16(3-6-18)21(30)25-17-4-7-20(19(22)12-17)28-14-23-13-24-28/h2-7,12-14H,8-11H2,1H3,(H,25,30). The molecule has 2 amide bonds. The first-order chi connectivity index (χ1) is 15.8. The number of aromatic nitrogens is 3. The highest BCUT2D eigenvalue weighted by Crippen LogP contribution is 2.21. The molecule has 4 rings (SSSR count). The Morgan fingerprint density at radius 2 is 1.73 bits per heavy atom. The van der Waals surface area contributed by atoms with Gasteiger partial charge in [-0.25, -0.2) is 22.5 Å². The summed E-state index contributed by atoms with van der Waals surface area (Å²) in [5.41, 5.74) is 0.640. The van der Waals surface area contributed by atoms with Crippen LogP contribution in [0.5, 0.6) is 0 Å². The number of benzene rings is 2. The van der Waals surface area contributed by atoms with Gasteiger partial charge < -0.3 is 10.2 Å². The fourth-order valence-corrected chi connectivity index (χ4v) is 4.90. The molecule has 12 heteroatoms. The van der Waals surface area contributed by atoms with E-state index in [9.17, 15) is 22.4 Å². The largest absolute Gasteiger partial charge is 0.340 e.